The lowest BCUT2D eigenvalue weighted by Gasteiger charge is -2.23. The highest BCUT2D eigenvalue weighted by Crippen LogP contribution is 2.39. The molecule has 152 valence electrons. The molecule has 0 amide bonds. The molecule has 29 heavy (non-hydrogen) atoms. The van der Waals surface area contributed by atoms with Gasteiger partial charge in [0.2, 0.25) is 6.21 Å². The van der Waals surface area contributed by atoms with Gasteiger partial charge in [-0.15, -0.1) is 0 Å². The van der Waals surface area contributed by atoms with Crippen LogP contribution in [0, 0.1) is 11.1 Å². The zero-order valence-electron chi connectivity index (χ0n) is 17.7. The first-order valence-electron chi connectivity index (χ1n) is 9.96. The van der Waals surface area contributed by atoms with Crippen LogP contribution in [0.3, 0.4) is 0 Å². The van der Waals surface area contributed by atoms with E-state index in [4.69, 9.17) is 9.47 Å². The van der Waals surface area contributed by atoms with Gasteiger partial charge >= 0.3 is 0 Å². The second kappa shape index (κ2) is 7.14. The minimum Gasteiger partial charge on any atom is -0.618 e. The number of hydrogen-bond acceptors (Lipinski definition) is 3. The number of fused-ring (bicyclic) bond motifs is 2. The highest BCUT2D eigenvalue weighted by Gasteiger charge is 2.32. The predicted octanol–water partition coefficient (Wildman–Crippen LogP) is 4.73. The molecule has 5 heteroatoms. The minimum absolute atomic E-state index is 0.0918. The first kappa shape index (κ1) is 19.4. The number of nitrogens with zero attached hydrogens (tertiary/aromatic N) is 2. The molecule has 1 aliphatic heterocycles. The molecule has 1 atom stereocenters. The fourth-order valence-corrected chi connectivity index (χ4v) is 4.15. The van der Waals surface area contributed by atoms with Gasteiger partial charge in [-0.05, 0) is 28.5 Å². The van der Waals surface area contributed by atoms with Gasteiger partial charge in [0.05, 0.1) is 26.3 Å². The topological polar surface area (TPSA) is 49.5 Å². The third-order valence-electron chi connectivity index (χ3n) is 5.84. The van der Waals surface area contributed by atoms with Crippen LogP contribution in [0.4, 0.5) is 0 Å². The molecule has 0 unspecified atom stereocenters. The lowest BCUT2D eigenvalue weighted by molar-refractivity contribution is -0.404. The Morgan fingerprint density at radius 1 is 1.07 bits per heavy atom. The van der Waals surface area contributed by atoms with Crippen molar-refractivity contribution in [2.75, 3.05) is 14.2 Å². The number of methoxy groups -OCH3 is 2. The van der Waals surface area contributed by atoms with Crippen molar-refractivity contribution in [1.29, 1.82) is 0 Å². The van der Waals surface area contributed by atoms with Gasteiger partial charge in [0.25, 0.3) is 0 Å². The predicted molar refractivity (Wildman–Crippen MR) is 116 cm³/mol. The summed E-state index contributed by atoms with van der Waals surface area (Å²) < 4.78 is 13.9. The molecule has 4 rings (SSSR count). The molecule has 0 bridgehead atoms. The van der Waals surface area contributed by atoms with Gasteiger partial charge in [-0.25, -0.2) is 0 Å². The van der Waals surface area contributed by atoms with Crippen LogP contribution >= 0.6 is 0 Å². The average molecular weight is 392 g/mol. The fraction of sp³-hybridized carbons (Fsp3) is 0.375. The maximum atomic E-state index is 12.8. The number of benzene rings is 1. The van der Waals surface area contributed by atoms with Crippen LogP contribution in [0.2, 0.25) is 0 Å². The quantitative estimate of drug-likeness (QED) is 0.560. The van der Waals surface area contributed by atoms with Gasteiger partial charge in [-0.2, -0.15) is 4.74 Å². The number of aromatic nitrogens is 1. The molecule has 1 aromatic heterocycles. The van der Waals surface area contributed by atoms with E-state index < -0.39 is 0 Å². The number of rotatable bonds is 3. The summed E-state index contributed by atoms with van der Waals surface area (Å²) >= 11 is 0. The van der Waals surface area contributed by atoms with Crippen molar-refractivity contribution in [2.24, 2.45) is 5.92 Å². The third kappa shape index (κ3) is 3.46. The van der Waals surface area contributed by atoms with E-state index in [2.05, 4.69) is 55.7 Å². The van der Waals surface area contributed by atoms with E-state index in [0.29, 0.717) is 18.0 Å². The molecule has 2 aliphatic rings. The Bertz CT molecular complexity index is 1020. The fourth-order valence-electron chi connectivity index (χ4n) is 4.15. The molecule has 0 spiro atoms. The number of ether oxygens (including phenoxy) is 2. The van der Waals surface area contributed by atoms with E-state index in [1.54, 1.807) is 20.4 Å². The first-order valence-corrected chi connectivity index (χ1v) is 9.96. The molecule has 0 radical (unpaired) electrons. The Morgan fingerprint density at radius 3 is 2.41 bits per heavy atom. The third-order valence-corrected chi connectivity index (χ3v) is 5.84. The van der Waals surface area contributed by atoms with E-state index in [1.807, 2.05) is 12.3 Å². The molecule has 0 N–H and O–H groups in total. The number of hydrogen-bond donors (Lipinski definition) is 0. The normalized spacial score (nSPS) is 18.7. The summed E-state index contributed by atoms with van der Waals surface area (Å²) in [6.45, 7) is 7.37. The molecule has 0 fully saturated rings. The van der Waals surface area contributed by atoms with E-state index in [-0.39, 0.29) is 11.3 Å². The van der Waals surface area contributed by atoms with Gasteiger partial charge in [0.15, 0.2) is 22.9 Å². The van der Waals surface area contributed by atoms with Gasteiger partial charge in [0, 0.05) is 12.6 Å². The van der Waals surface area contributed by atoms with Crippen molar-refractivity contribution < 1.29 is 14.2 Å². The van der Waals surface area contributed by atoms with Gasteiger partial charge in [-0.1, -0.05) is 51.1 Å². The van der Waals surface area contributed by atoms with Crippen LogP contribution in [-0.4, -0.2) is 29.7 Å². The van der Waals surface area contributed by atoms with E-state index in [0.717, 1.165) is 22.6 Å². The average Bonchev–Trinajstić information content (AvgIpc) is 2.96. The van der Waals surface area contributed by atoms with Crippen molar-refractivity contribution in [3.63, 3.8) is 0 Å². The van der Waals surface area contributed by atoms with Crippen LogP contribution in [0.25, 0.3) is 5.57 Å². The molecule has 1 aliphatic carbocycles. The maximum Gasteiger partial charge on any atom is 0.208 e. The van der Waals surface area contributed by atoms with Crippen LogP contribution in [0.15, 0.2) is 48.3 Å². The molecule has 0 saturated carbocycles. The zero-order chi connectivity index (χ0) is 20.8. The smallest absolute Gasteiger partial charge is 0.208 e. The first-order chi connectivity index (χ1) is 13.8. The van der Waals surface area contributed by atoms with Crippen LogP contribution in [0.1, 0.15) is 44.0 Å². The Morgan fingerprint density at radius 2 is 1.79 bits per heavy atom. The highest BCUT2D eigenvalue weighted by atomic mass is 16.5. The van der Waals surface area contributed by atoms with Gasteiger partial charge in [0.1, 0.15) is 0 Å². The number of allylic oxidation sites excluding steroid dienone is 4. The molecular formula is C24H28N2O3. The molecule has 0 saturated heterocycles. The van der Waals surface area contributed by atoms with Crippen molar-refractivity contribution in [3.05, 3.63) is 70.3 Å². The van der Waals surface area contributed by atoms with Crippen molar-refractivity contribution >= 4 is 11.8 Å². The SMILES string of the molecule is COc1cn2c(c1OC)C=[N+]([O-])C1=CC=C(c3ccc(C(C)(C)C)cc3)C[C@H]1C2. The Kier molecular flexibility index (Phi) is 4.77. The zero-order valence-corrected chi connectivity index (χ0v) is 17.7. The van der Waals surface area contributed by atoms with Crippen molar-refractivity contribution in [2.45, 2.75) is 39.2 Å². The van der Waals surface area contributed by atoms with Gasteiger partial charge in [-0.3, -0.25) is 0 Å². The van der Waals surface area contributed by atoms with Crippen molar-refractivity contribution in [1.82, 2.24) is 4.57 Å². The lowest BCUT2D eigenvalue weighted by Crippen LogP contribution is -2.19. The summed E-state index contributed by atoms with van der Waals surface area (Å²) in [7, 11) is 3.21. The number of hydroxylamine groups is 1. The van der Waals surface area contributed by atoms with Crippen LogP contribution in [0.5, 0.6) is 11.5 Å². The molecule has 2 aromatic rings. The monoisotopic (exact) mass is 392 g/mol. The highest BCUT2D eigenvalue weighted by molar-refractivity contribution is 5.81. The summed E-state index contributed by atoms with van der Waals surface area (Å²) in [5.41, 5.74) is 5.44. The second-order valence-electron chi connectivity index (χ2n) is 8.74. The summed E-state index contributed by atoms with van der Waals surface area (Å²) in [5.74, 6) is 1.33. The minimum atomic E-state index is 0.0918. The summed E-state index contributed by atoms with van der Waals surface area (Å²) in [4.78, 5) is 0. The Labute approximate surface area is 172 Å². The lowest BCUT2D eigenvalue weighted by atomic mass is 9.84. The molecule has 2 heterocycles. The largest absolute Gasteiger partial charge is 0.618 e. The van der Waals surface area contributed by atoms with E-state index in [9.17, 15) is 5.21 Å². The van der Waals surface area contributed by atoms with Gasteiger partial charge < -0.3 is 19.2 Å². The molecule has 5 nitrogen and oxygen atoms in total. The Balaban J connectivity index is 1.67. The molecule has 1 aromatic carbocycles. The second-order valence-corrected chi connectivity index (χ2v) is 8.74. The molecular weight excluding hydrogens is 364 g/mol. The van der Waals surface area contributed by atoms with Crippen LogP contribution in [-0.2, 0) is 12.0 Å². The summed E-state index contributed by atoms with van der Waals surface area (Å²) in [6.07, 6.45) is 8.35. The van der Waals surface area contributed by atoms with E-state index in [1.165, 1.54) is 16.7 Å². The maximum absolute atomic E-state index is 12.8. The van der Waals surface area contributed by atoms with E-state index >= 15 is 0 Å². The standard InChI is InChI=1S/C24H28N2O3/c1-24(2,3)19-9-6-16(7-10-19)17-8-11-20-18(12-17)13-25-15-22(28-4)23(29-5)21(25)14-26(20)27/h6-11,14-15,18H,12-13H2,1-5H3/t18-/m0/s1. The van der Waals surface area contributed by atoms with Crippen LogP contribution < -0.4 is 9.47 Å². The summed E-state index contributed by atoms with van der Waals surface area (Å²) in [5, 5.41) is 12.8. The Hall–Kier alpha value is -2.95. The van der Waals surface area contributed by atoms with Crippen molar-refractivity contribution in [3.8, 4) is 11.5 Å². The summed E-state index contributed by atoms with van der Waals surface area (Å²) in [6, 6.07) is 8.79.